The lowest BCUT2D eigenvalue weighted by atomic mass is 9.83. The highest BCUT2D eigenvalue weighted by atomic mass is 32.1. The molecule has 0 radical (unpaired) electrons. The predicted molar refractivity (Wildman–Crippen MR) is 127 cm³/mol. The lowest BCUT2D eigenvalue weighted by Gasteiger charge is -2.38. The molecule has 2 heterocycles. The van der Waals surface area contributed by atoms with E-state index in [9.17, 15) is 20.1 Å². The quantitative estimate of drug-likeness (QED) is 0.439. The van der Waals surface area contributed by atoms with Gasteiger partial charge in [-0.1, -0.05) is 44.2 Å². The number of ether oxygens (including phenoxy) is 2. The standard InChI is InChI=1S/C25H29NO6S/c1-24(2,3)17-11-20-16(10-18(17)27)19(28)12-25(4,32-20)13-31-15-7-5-14(6-8-15)9-21-22(29)26-23(30)33-21/h5-8,10-11,19,27-29H,9,12-13H2,1-4H3,(H,26,30). The SMILES string of the molecule is CC1(COc2ccc(Cc3sc(=O)[nH]c3O)cc2)CC(O)c2cc(O)c(C(C)(C)C)cc2O1. The number of fused-ring (bicyclic) bond motifs is 1. The first-order valence-corrected chi connectivity index (χ1v) is 11.6. The van der Waals surface area contributed by atoms with Crippen LogP contribution < -0.4 is 14.3 Å². The minimum Gasteiger partial charge on any atom is -0.508 e. The number of hydrogen-bond acceptors (Lipinski definition) is 7. The Bertz CT molecular complexity index is 1210. The van der Waals surface area contributed by atoms with Gasteiger partial charge in [0.1, 0.15) is 29.5 Å². The second-order valence-corrected chi connectivity index (χ2v) is 10.9. The average molecular weight is 472 g/mol. The van der Waals surface area contributed by atoms with Gasteiger partial charge in [-0.15, -0.1) is 0 Å². The van der Waals surface area contributed by atoms with Crippen LogP contribution in [0.15, 0.2) is 41.2 Å². The molecule has 0 spiro atoms. The molecule has 0 aliphatic carbocycles. The van der Waals surface area contributed by atoms with Crippen LogP contribution in [-0.4, -0.2) is 32.5 Å². The molecule has 33 heavy (non-hydrogen) atoms. The van der Waals surface area contributed by atoms with Crippen molar-refractivity contribution in [1.29, 1.82) is 0 Å². The number of hydrogen-bond donors (Lipinski definition) is 4. The van der Waals surface area contributed by atoms with E-state index in [2.05, 4.69) is 4.98 Å². The Balaban J connectivity index is 1.45. The van der Waals surface area contributed by atoms with E-state index in [1.165, 1.54) is 0 Å². The highest BCUT2D eigenvalue weighted by Crippen LogP contribution is 2.45. The summed E-state index contributed by atoms with van der Waals surface area (Å²) in [6, 6.07) is 10.8. The Morgan fingerprint density at radius 3 is 2.52 bits per heavy atom. The van der Waals surface area contributed by atoms with E-state index in [0.717, 1.165) is 22.5 Å². The van der Waals surface area contributed by atoms with Crippen molar-refractivity contribution in [1.82, 2.24) is 4.98 Å². The summed E-state index contributed by atoms with van der Waals surface area (Å²) in [4.78, 5) is 14.0. The van der Waals surface area contributed by atoms with E-state index in [1.54, 1.807) is 6.07 Å². The van der Waals surface area contributed by atoms with Crippen LogP contribution in [0, 0.1) is 0 Å². The van der Waals surface area contributed by atoms with Crippen molar-refractivity contribution in [2.45, 2.75) is 57.7 Å². The van der Waals surface area contributed by atoms with Crippen molar-refractivity contribution in [3.05, 3.63) is 67.6 Å². The number of H-pyrrole nitrogens is 1. The number of thiazole rings is 1. The Morgan fingerprint density at radius 1 is 1.21 bits per heavy atom. The Hall–Kier alpha value is -2.97. The van der Waals surface area contributed by atoms with Crippen LogP contribution in [0.25, 0.3) is 0 Å². The van der Waals surface area contributed by atoms with Crippen LogP contribution in [0.2, 0.25) is 0 Å². The number of aromatic amines is 1. The maximum Gasteiger partial charge on any atom is 0.307 e. The Morgan fingerprint density at radius 2 is 1.91 bits per heavy atom. The molecule has 8 heteroatoms. The monoisotopic (exact) mass is 471 g/mol. The molecule has 1 aromatic heterocycles. The zero-order valence-corrected chi connectivity index (χ0v) is 20.0. The van der Waals surface area contributed by atoms with E-state index in [0.29, 0.717) is 34.8 Å². The first-order chi connectivity index (χ1) is 15.4. The lowest BCUT2D eigenvalue weighted by Crippen LogP contribution is -2.43. The second kappa shape index (κ2) is 8.43. The third-order valence-electron chi connectivity index (χ3n) is 5.81. The van der Waals surface area contributed by atoms with Gasteiger partial charge in [0.05, 0.1) is 11.0 Å². The minimum absolute atomic E-state index is 0.0884. The maximum absolute atomic E-state index is 11.3. The molecule has 2 unspecified atom stereocenters. The van der Waals surface area contributed by atoms with Gasteiger partial charge in [0.25, 0.3) is 0 Å². The van der Waals surface area contributed by atoms with Gasteiger partial charge in [-0.2, -0.15) is 0 Å². The van der Waals surface area contributed by atoms with Crippen molar-refractivity contribution in [3.63, 3.8) is 0 Å². The van der Waals surface area contributed by atoms with E-state index in [-0.39, 0.29) is 28.5 Å². The zero-order valence-electron chi connectivity index (χ0n) is 19.1. The van der Waals surface area contributed by atoms with E-state index in [1.807, 2.05) is 58.0 Å². The molecule has 0 saturated carbocycles. The molecule has 7 nitrogen and oxygen atoms in total. The van der Waals surface area contributed by atoms with E-state index < -0.39 is 11.7 Å². The number of rotatable bonds is 5. The molecule has 4 rings (SSSR count). The summed E-state index contributed by atoms with van der Waals surface area (Å²) in [6.45, 7) is 8.16. The molecule has 1 aliphatic heterocycles. The Kier molecular flexibility index (Phi) is 5.92. The second-order valence-electron chi connectivity index (χ2n) is 9.82. The van der Waals surface area contributed by atoms with Gasteiger partial charge in [0, 0.05) is 24.0 Å². The summed E-state index contributed by atoms with van der Waals surface area (Å²) in [6.07, 6.45) is 0.00574. The third-order valence-corrected chi connectivity index (χ3v) is 6.68. The molecular weight excluding hydrogens is 442 g/mol. The van der Waals surface area contributed by atoms with Gasteiger partial charge in [-0.3, -0.25) is 9.78 Å². The molecule has 1 aliphatic rings. The van der Waals surface area contributed by atoms with E-state index >= 15 is 0 Å². The van der Waals surface area contributed by atoms with Crippen molar-refractivity contribution >= 4 is 11.3 Å². The van der Waals surface area contributed by atoms with Crippen LogP contribution in [0.3, 0.4) is 0 Å². The summed E-state index contributed by atoms with van der Waals surface area (Å²) < 4.78 is 12.2. The van der Waals surface area contributed by atoms with E-state index in [4.69, 9.17) is 9.47 Å². The maximum atomic E-state index is 11.3. The van der Waals surface area contributed by atoms with Crippen molar-refractivity contribution in [2.24, 2.45) is 0 Å². The average Bonchev–Trinajstić information content (AvgIpc) is 3.03. The topological polar surface area (TPSA) is 112 Å². The van der Waals surface area contributed by atoms with Gasteiger partial charge in [0.15, 0.2) is 0 Å². The number of benzene rings is 2. The minimum atomic E-state index is -0.772. The van der Waals surface area contributed by atoms with Crippen molar-refractivity contribution in [3.8, 4) is 23.1 Å². The normalized spacial score (nSPS) is 20.2. The fourth-order valence-electron chi connectivity index (χ4n) is 4.05. The smallest absolute Gasteiger partial charge is 0.307 e. The van der Waals surface area contributed by atoms with Crippen molar-refractivity contribution in [2.75, 3.05) is 6.61 Å². The summed E-state index contributed by atoms with van der Waals surface area (Å²) in [7, 11) is 0. The van der Waals surface area contributed by atoms with Crippen LogP contribution >= 0.6 is 11.3 Å². The predicted octanol–water partition coefficient (Wildman–Crippen LogP) is 4.39. The third kappa shape index (κ3) is 5.02. The van der Waals surface area contributed by atoms with Crippen LogP contribution in [-0.2, 0) is 11.8 Å². The number of aromatic hydroxyl groups is 2. The molecule has 2 aromatic carbocycles. The first-order valence-electron chi connectivity index (χ1n) is 10.8. The zero-order chi connectivity index (χ0) is 24.0. The van der Waals surface area contributed by atoms with Crippen LogP contribution in [0.1, 0.15) is 61.8 Å². The first kappa shape index (κ1) is 23.2. The van der Waals surface area contributed by atoms with Crippen molar-refractivity contribution < 1.29 is 24.8 Å². The number of phenolic OH excluding ortho intramolecular Hbond substituents is 1. The van der Waals surface area contributed by atoms with Gasteiger partial charge in [-0.25, -0.2) is 0 Å². The lowest BCUT2D eigenvalue weighted by molar-refractivity contribution is -0.0304. The number of phenols is 1. The number of aliphatic hydroxyl groups is 1. The van der Waals surface area contributed by atoms with Crippen LogP contribution in [0.4, 0.5) is 0 Å². The largest absolute Gasteiger partial charge is 0.508 e. The number of nitrogens with one attached hydrogen (secondary N) is 1. The molecule has 4 N–H and O–H groups in total. The Labute approximate surface area is 196 Å². The molecule has 0 fully saturated rings. The molecule has 0 saturated heterocycles. The molecule has 3 aromatic rings. The molecular formula is C25H29NO6S. The summed E-state index contributed by atoms with van der Waals surface area (Å²) >= 11 is 0.991. The van der Waals surface area contributed by atoms with Gasteiger partial charge < -0.3 is 24.8 Å². The molecule has 2 atom stereocenters. The summed E-state index contributed by atoms with van der Waals surface area (Å²) in [5.41, 5.74) is 1.25. The highest BCUT2D eigenvalue weighted by Gasteiger charge is 2.39. The fourth-order valence-corrected chi connectivity index (χ4v) is 4.80. The highest BCUT2D eigenvalue weighted by molar-refractivity contribution is 7.09. The van der Waals surface area contributed by atoms with Crippen LogP contribution in [0.5, 0.6) is 23.1 Å². The molecule has 176 valence electrons. The molecule has 0 amide bonds. The summed E-state index contributed by atoms with van der Waals surface area (Å²) in [5.74, 6) is 1.28. The van der Waals surface area contributed by atoms with Gasteiger partial charge in [-0.05, 0) is 42.2 Å². The fraction of sp³-hybridized carbons (Fsp3) is 0.400. The van der Waals surface area contributed by atoms with Gasteiger partial charge >= 0.3 is 4.87 Å². The summed E-state index contributed by atoms with van der Waals surface area (Å²) in [5, 5.41) is 30.9. The van der Waals surface area contributed by atoms with Gasteiger partial charge in [0.2, 0.25) is 5.88 Å². The number of aliphatic hydroxyl groups excluding tert-OH is 1. The molecule has 0 bridgehead atoms. The number of aromatic nitrogens is 1.